The second kappa shape index (κ2) is 7.50. The van der Waals surface area contributed by atoms with E-state index in [4.69, 9.17) is 4.74 Å². The maximum absolute atomic E-state index is 9.67. The van der Waals surface area contributed by atoms with Crippen molar-refractivity contribution in [2.75, 3.05) is 26.7 Å². The lowest BCUT2D eigenvalue weighted by Gasteiger charge is -2.34. The standard InChI is InChI=1S/C16H26N2O2/c1-3-9-18(14-5-4-8-17-11-14)12-13-6-7-15(19)16(10-13)20-2/h6-7,10,14,17,19H,3-5,8-9,11-12H2,1-2H3. The van der Waals surface area contributed by atoms with Gasteiger partial charge < -0.3 is 15.2 Å². The predicted octanol–water partition coefficient (Wildman–Crippen LogP) is 2.36. The van der Waals surface area contributed by atoms with Crippen molar-refractivity contribution in [3.63, 3.8) is 0 Å². The van der Waals surface area contributed by atoms with Gasteiger partial charge in [-0.25, -0.2) is 0 Å². The molecule has 112 valence electrons. The zero-order chi connectivity index (χ0) is 14.4. The van der Waals surface area contributed by atoms with E-state index < -0.39 is 0 Å². The van der Waals surface area contributed by atoms with E-state index in [0.717, 1.165) is 32.6 Å². The molecule has 1 atom stereocenters. The lowest BCUT2D eigenvalue weighted by atomic mass is 10.0. The quantitative estimate of drug-likeness (QED) is 0.838. The molecular weight excluding hydrogens is 252 g/mol. The number of phenols is 1. The lowest BCUT2D eigenvalue weighted by Crippen LogP contribution is -2.45. The van der Waals surface area contributed by atoms with Gasteiger partial charge in [-0.1, -0.05) is 13.0 Å². The Morgan fingerprint density at radius 3 is 2.95 bits per heavy atom. The zero-order valence-corrected chi connectivity index (χ0v) is 12.6. The van der Waals surface area contributed by atoms with Gasteiger partial charge in [0.25, 0.3) is 0 Å². The van der Waals surface area contributed by atoms with Crippen LogP contribution in [0.25, 0.3) is 0 Å². The highest BCUT2D eigenvalue weighted by molar-refractivity contribution is 5.41. The molecule has 2 rings (SSSR count). The second-order valence-electron chi connectivity index (χ2n) is 5.48. The highest BCUT2D eigenvalue weighted by Crippen LogP contribution is 2.27. The molecule has 0 saturated carbocycles. The van der Waals surface area contributed by atoms with Crippen molar-refractivity contribution in [1.82, 2.24) is 10.2 Å². The van der Waals surface area contributed by atoms with Crippen molar-refractivity contribution >= 4 is 0 Å². The van der Waals surface area contributed by atoms with Crippen molar-refractivity contribution < 1.29 is 9.84 Å². The average Bonchev–Trinajstić information content (AvgIpc) is 2.49. The molecule has 0 aromatic heterocycles. The molecule has 1 aliphatic heterocycles. The van der Waals surface area contributed by atoms with E-state index in [2.05, 4.69) is 17.1 Å². The van der Waals surface area contributed by atoms with E-state index in [0.29, 0.717) is 11.8 Å². The Hall–Kier alpha value is -1.26. The zero-order valence-electron chi connectivity index (χ0n) is 12.6. The molecule has 1 aliphatic rings. The van der Waals surface area contributed by atoms with Gasteiger partial charge in [0, 0.05) is 19.1 Å². The van der Waals surface area contributed by atoms with Gasteiger partial charge in [0.2, 0.25) is 0 Å². The first-order valence-electron chi connectivity index (χ1n) is 7.55. The van der Waals surface area contributed by atoms with Gasteiger partial charge in [-0.15, -0.1) is 0 Å². The van der Waals surface area contributed by atoms with Crippen molar-refractivity contribution in [2.24, 2.45) is 0 Å². The molecule has 0 spiro atoms. The number of nitrogens with one attached hydrogen (secondary N) is 1. The Morgan fingerprint density at radius 2 is 2.30 bits per heavy atom. The number of hydrogen-bond donors (Lipinski definition) is 2. The van der Waals surface area contributed by atoms with Gasteiger partial charge in [-0.2, -0.15) is 0 Å². The van der Waals surface area contributed by atoms with Crippen LogP contribution in [0, 0.1) is 0 Å². The fraction of sp³-hybridized carbons (Fsp3) is 0.625. The van der Waals surface area contributed by atoms with Crippen LogP contribution in [0.2, 0.25) is 0 Å². The summed E-state index contributed by atoms with van der Waals surface area (Å²) in [5, 5.41) is 13.2. The van der Waals surface area contributed by atoms with Crippen molar-refractivity contribution in [2.45, 2.75) is 38.8 Å². The first-order valence-corrected chi connectivity index (χ1v) is 7.55. The fourth-order valence-corrected chi connectivity index (χ4v) is 2.88. The summed E-state index contributed by atoms with van der Waals surface area (Å²) in [4.78, 5) is 2.54. The number of hydrogen-bond acceptors (Lipinski definition) is 4. The van der Waals surface area contributed by atoms with Crippen LogP contribution in [0.4, 0.5) is 0 Å². The van der Waals surface area contributed by atoms with Gasteiger partial charge >= 0.3 is 0 Å². The molecule has 0 amide bonds. The smallest absolute Gasteiger partial charge is 0.160 e. The molecule has 1 aromatic rings. The molecule has 1 aromatic carbocycles. The van der Waals surface area contributed by atoms with Crippen LogP contribution in [0.3, 0.4) is 0 Å². The molecule has 1 saturated heterocycles. The largest absolute Gasteiger partial charge is 0.504 e. The summed E-state index contributed by atoms with van der Waals surface area (Å²) in [6.07, 6.45) is 3.68. The van der Waals surface area contributed by atoms with Gasteiger partial charge in [-0.05, 0) is 50.0 Å². The SMILES string of the molecule is CCCN(Cc1ccc(O)c(OC)c1)C1CCCNC1. The monoisotopic (exact) mass is 278 g/mol. The Labute approximate surface area is 121 Å². The van der Waals surface area contributed by atoms with Crippen LogP contribution >= 0.6 is 0 Å². The summed E-state index contributed by atoms with van der Waals surface area (Å²) in [6.45, 7) is 6.46. The van der Waals surface area contributed by atoms with E-state index in [9.17, 15) is 5.11 Å². The molecule has 1 unspecified atom stereocenters. The molecule has 1 fully saturated rings. The Bertz CT molecular complexity index is 417. The van der Waals surface area contributed by atoms with Crippen LogP contribution in [-0.4, -0.2) is 42.8 Å². The normalized spacial score (nSPS) is 19.2. The van der Waals surface area contributed by atoms with Crippen molar-refractivity contribution in [3.05, 3.63) is 23.8 Å². The van der Waals surface area contributed by atoms with Crippen LogP contribution < -0.4 is 10.1 Å². The number of rotatable bonds is 6. The van der Waals surface area contributed by atoms with Gasteiger partial charge in [-0.3, -0.25) is 4.90 Å². The number of benzene rings is 1. The topological polar surface area (TPSA) is 44.7 Å². The average molecular weight is 278 g/mol. The summed E-state index contributed by atoms with van der Waals surface area (Å²) in [5.74, 6) is 0.762. The molecule has 0 bridgehead atoms. The van der Waals surface area contributed by atoms with Crippen molar-refractivity contribution in [1.29, 1.82) is 0 Å². The molecular formula is C16H26N2O2. The first kappa shape index (κ1) is 15.1. The maximum Gasteiger partial charge on any atom is 0.160 e. The first-order chi connectivity index (χ1) is 9.74. The molecule has 2 N–H and O–H groups in total. The molecule has 0 aliphatic carbocycles. The third kappa shape index (κ3) is 3.87. The van der Waals surface area contributed by atoms with Gasteiger partial charge in [0.05, 0.1) is 7.11 Å². The number of phenolic OH excluding ortho intramolecular Hbond substituents is 1. The highest BCUT2D eigenvalue weighted by atomic mass is 16.5. The van der Waals surface area contributed by atoms with Crippen LogP contribution in [-0.2, 0) is 6.54 Å². The van der Waals surface area contributed by atoms with E-state index >= 15 is 0 Å². The number of piperidine rings is 1. The van der Waals surface area contributed by atoms with E-state index in [1.807, 2.05) is 12.1 Å². The predicted molar refractivity (Wildman–Crippen MR) is 81.3 cm³/mol. The third-order valence-corrected chi connectivity index (χ3v) is 3.93. The second-order valence-corrected chi connectivity index (χ2v) is 5.48. The summed E-state index contributed by atoms with van der Waals surface area (Å²) in [5.41, 5.74) is 1.19. The fourth-order valence-electron chi connectivity index (χ4n) is 2.88. The summed E-state index contributed by atoms with van der Waals surface area (Å²) < 4.78 is 5.19. The minimum atomic E-state index is 0.206. The third-order valence-electron chi connectivity index (χ3n) is 3.93. The van der Waals surface area contributed by atoms with Gasteiger partial charge in [0.15, 0.2) is 11.5 Å². The summed E-state index contributed by atoms with van der Waals surface area (Å²) in [6, 6.07) is 6.26. The maximum atomic E-state index is 9.67. The lowest BCUT2D eigenvalue weighted by molar-refractivity contribution is 0.158. The number of aromatic hydroxyl groups is 1. The summed E-state index contributed by atoms with van der Waals surface area (Å²) in [7, 11) is 1.59. The molecule has 4 heteroatoms. The Morgan fingerprint density at radius 1 is 1.45 bits per heavy atom. The van der Waals surface area contributed by atoms with Gasteiger partial charge in [0.1, 0.15) is 0 Å². The Kier molecular flexibility index (Phi) is 5.68. The molecule has 4 nitrogen and oxygen atoms in total. The minimum absolute atomic E-state index is 0.206. The van der Waals surface area contributed by atoms with Crippen LogP contribution in [0.5, 0.6) is 11.5 Å². The van der Waals surface area contributed by atoms with E-state index in [1.54, 1.807) is 13.2 Å². The number of methoxy groups -OCH3 is 1. The number of nitrogens with zero attached hydrogens (tertiary/aromatic N) is 1. The van der Waals surface area contributed by atoms with Crippen molar-refractivity contribution in [3.8, 4) is 11.5 Å². The summed E-state index contributed by atoms with van der Waals surface area (Å²) >= 11 is 0. The van der Waals surface area contributed by atoms with E-state index in [1.165, 1.54) is 18.4 Å². The minimum Gasteiger partial charge on any atom is -0.504 e. The Balaban J connectivity index is 2.06. The van der Waals surface area contributed by atoms with Crippen LogP contribution in [0.1, 0.15) is 31.7 Å². The molecule has 0 radical (unpaired) electrons. The molecule has 1 heterocycles. The number of ether oxygens (including phenoxy) is 1. The van der Waals surface area contributed by atoms with Crippen LogP contribution in [0.15, 0.2) is 18.2 Å². The highest BCUT2D eigenvalue weighted by Gasteiger charge is 2.20. The molecule has 20 heavy (non-hydrogen) atoms. The van der Waals surface area contributed by atoms with E-state index in [-0.39, 0.29) is 5.75 Å².